The van der Waals surface area contributed by atoms with E-state index in [1.54, 1.807) is 12.1 Å². The van der Waals surface area contributed by atoms with E-state index in [1.165, 1.54) is 5.56 Å². The van der Waals surface area contributed by atoms with Gasteiger partial charge in [0.25, 0.3) is 0 Å². The number of rotatable bonds is 2. The van der Waals surface area contributed by atoms with Crippen LogP contribution in [0.5, 0.6) is 11.5 Å². The van der Waals surface area contributed by atoms with Crippen LogP contribution in [-0.2, 0) is 0 Å². The van der Waals surface area contributed by atoms with Gasteiger partial charge in [-0.15, -0.1) is 0 Å². The number of benzene rings is 2. The maximum Gasteiger partial charge on any atom is 0.173 e. The van der Waals surface area contributed by atoms with Crippen molar-refractivity contribution in [2.45, 2.75) is 46.1 Å². The number of aromatic hydroxyl groups is 1. The summed E-state index contributed by atoms with van der Waals surface area (Å²) in [6.45, 7) is 8.19. The molecule has 2 aromatic rings. The Balaban J connectivity index is 0.000000177. The van der Waals surface area contributed by atoms with Crippen molar-refractivity contribution in [1.82, 2.24) is 0 Å². The lowest BCUT2D eigenvalue weighted by Crippen LogP contribution is -2.33. The first kappa shape index (κ1) is 18.1. The highest BCUT2D eigenvalue weighted by molar-refractivity contribution is 6.01. The number of hydrogen-bond donors (Lipinski definition) is 1. The van der Waals surface area contributed by atoms with Crippen LogP contribution in [-0.4, -0.2) is 17.0 Å². The van der Waals surface area contributed by atoms with Gasteiger partial charge in [0.2, 0.25) is 0 Å². The molecule has 0 saturated carbocycles. The molecule has 3 nitrogen and oxygen atoms in total. The van der Waals surface area contributed by atoms with Crippen LogP contribution in [0.1, 0.15) is 56.0 Å². The summed E-state index contributed by atoms with van der Waals surface area (Å²) in [4.78, 5) is 11.7. The number of para-hydroxylation sites is 1. The number of Topliss-reactive ketones (excluding diaryl/α,β-unsaturated/α-hetero) is 1. The van der Waals surface area contributed by atoms with Gasteiger partial charge in [0, 0.05) is 0 Å². The first-order valence-corrected chi connectivity index (χ1v) is 8.52. The Morgan fingerprint density at radius 2 is 1.71 bits per heavy atom. The molecule has 1 aliphatic rings. The zero-order chi connectivity index (χ0) is 17.7. The maximum atomic E-state index is 11.7. The average Bonchev–Trinajstić information content (AvgIpc) is 2.60. The summed E-state index contributed by atoms with van der Waals surface area (Å²) in [5.74, 6) is 1.81. The molecule has 2 aromatic carbocycles. The van der Waals surface area contributed by atoms with Crippen molar-refractivity contribution in [2.75, 3.05) is 0 Å². The molecule has 0 fully saturated rings. The van der Waals surface area contributed by atoms with Crippen LogP contribution in [0.15, 0.2) is 48.5 Å². The van der Waals surface area contributed by atoms with Gasteiger partial charge in [-0.25, -0.2) is 0 Å². The lowest BCUT2D eigenvalue weighted by molar-refractivity contribution is 0.0730. The zero-order valence-corrected chi connectivity index (χ0v) is 14.8. The highest BCUT2D eigenvalue weighted by Gasteiger charge is 2.30. The Morgan fingerprint density at radius 3 is 2.33 bits per heavy atom. The standard InChI is InChI=1S/C11H12O2.C10H14O/c1-7-8(2)13-10-6-4-3-5-9(10)11(7)12;1-3-8(2)9-4-6-10(11)7-5-9/h3-8H,1-2H3;4-8,11H,3H2,1-2H3. The molecule has 0 aromatic heterocycles. The molecule has 0 amide bonds. The summed E-state index contributed by atoms with van der Waals surface area (Å²) in [5.41, 5.74) is 2.01. The van der Waals surface area contributed by atoms with Crippen LogP contribution in [0, 0.1) is 5.92 Å². The minimum atomic E-state index is -0.0325. The molecule has 3 unspecified atom stereocenters. The fourth-order valence-corrected chi connectivity index (χ4v) is 2.57. The predicted molar refractivity (Wildman–Crippen MR) is 96.8 cm³/mol. The Hall–Kier alpha value is -2.29. The average molecular weight is 326 g/mol. The topological polar surface area (TPSA) is 46.5 Å². The quantitative estimate of drug-likeness (QED) is 0.826. The fourth-order valence-electron chi connectivity index (χ4n) is 2.57. The Morgan fingerprint density at radius 1 is 1.08 bits per heavy atom. The molecule has 3 heteroatoms. The van der Waals surface area contributed by atoms with E-state index in [0.717, 1.165) is 12.2 Å². The zero-order valence-electron chi connectivity index (χ0n) is 14.8. The molecule has 128 valence electrons. The van der Waals surface area contributed by atoms with Crippen LogP contribution < -0.4 is 4.74 Å². The monoisotopic (exact) mass is 326 g/mol. The van der Waals surface area contributed by atoms with Crippen molar-refractivity contribution in [1.29, 1.82) is 0 Å². The third-order valence-corrected chi connectivity index (χ3v) is 4.66. The minimum absolute atomic E-state index is 0.0117. The van der Waals surface area contributed by atoms with E-state index in [0.29, 0.717) is 17.2 Å². The van der Waals surface area contributed by atoms with Crippen LogP contribution in [0.4, 0.5) is 0 Å². The minimum Gasteiger partial charge on any atom is -0.508 e. The highest BCUT2D eigenvalue weighted by atomic mass is 16.5. The summed E-state index contributed by atoms with van der Waals surface area (Å²) in [6.07, 6.45) is 1.13. The molecular formula is C21H26O3. The molecule has 0 bridgehead atoms. The van der Waals surface area contributed by atoms with Crippen LogP contribution in [0.2, 0.25) is 0 Å². The Bertz CT molecular complexity index is 676. The number of fused-ring (bicyclic) bond motifs is 1. The number of hydrogen-bond acceptors (Lipinski definition) is 3. The molecule has 0 aliphatic carbocycles. The Kier molecular flexibility index (Phi) is 6.02. The fraction of sp³-hybridized carbons (Fsp3) is 0.381. The third kappa shape index (κ3) is 4.16. The molecule has 0 saturated heterocycles. The smallest absolute Gasteiger partial charge is 0.173 e. The van der Waals surface area contributed by atoms with Gasteiger partial charge >= 0.3 is 0 Å². The van der Waals surface area contributed by atoms with Gasteiger partial charge in [0.05, 0.1) is 11.5 Å². The number of phenols is 1. The lowest BCUT2D eigenvalue weighted by Gasteiger charge is -2.27. The number of carbonyl (C=O) groups is 1. The van der Waals surface area contributed by atoms with Gasteiger partial charge in [-0.3, -0.25) is 4.79 Å². The third-order valence-electron chi connectivity index (χ3n) is 4.66. The first-order chi connectivity index (χ1) is 11.4. The molecule has 1 aliphatic heterocycles. The van der Waals surface area contributed by atoms with Crippen LogP contribution >= 0.6 is 0 Å². The molecule has 1 heterocycles. The normalized spacial score (nSPS) is 20.2. The maximum absolute atomic E-state index is 11.7. The predicted octanol–water partition coefficient (Wildman–Crippen LogP) is 5.19. The second kappa shape index (κ2) is 8.00. The van der Waals surface area contributed by atoms with Gasteiger partial charge in [-0.05, 0) is 49.1 Å². The summed E-state index contributed by atoms with van der Waals surface area (Å²) in [5, 5.41) is 9.01. The molecular weight excluding hydrogens is 300 g/mol. The van der Waals surface area contributed by atoms with Gasteiger partial charge in [-0.1, -0.05) is 45.0 Å². The second-order valence-corrected chi connectivity index (χ2v) is 6.37. The van der Waals surface area contributed by atoms with Crippen molar-refractivity contribution >= 4 is 5.78 Å². The van der Waals surface area contributed by atoms with Crippen LogP contribution in [0.3, 0.4) is 0 Å². The Labute approximate surface area is 144 Å². The summed E-state index contributed by atoms with van der Waals surface area (Å²) >= 11 is 0. The van der Waals surface area contributed by atoms with E-state index in [-0.39, 0.29) is 17.8 Å². The highest BCUT2D eigenvalue weighted by Crippen LogP contribution is 2.30. The molecule has 0 spiro atoms. The van der Waals surface area contributed by atoms with Crippen LogP contribution in [0.25, 0.3) is 0 Å². The second-order valence-electron chi connectivity index (χ2n) is 6.37. The molecule has 3 atom stereocenters. The van der Waals surface area contributed by atoms with E-state index in [1.807, 2.05) is 50.2 Å². The van der Waals surface area contributed by atoms with E-state index >= 15 is 0 Å². The van der Waals surface area contributed by atoms with Crippen molar-refractivity contribution in [3.63, 3.8) is 0 Å². The summed E-state index contributed by atoms with van der Waals surface area (Å²) in [6, 6.07) is 14.8. The van der Waals surface area contributed by atoms with E-state index < -0.39 is 0 Å². The molecule has 0 radical (unpaired) electrons. The van der Waals surface area contributed by atoms with Gasteiger partial charge < -0.3 is 9.84 Å². The van der Waals surface area contributed by atoms with E-state index in [2.05, 4.69) is 13.8 Å². The van der Waals surface area contributed by atoms with E-state index in [9.17, 15) is 4.79 Å². The number of carbonyl (C=O) groups excluding carboxylic acids is 1. The van der Waals surface area contributed by atoms with Crippen molar-refractivity contribution < 1.29 is 14.6 Å². The number of ketones is 1. The van der Waals surface area contributed by atoms with Crippen molar-refractivity contribution in [3.8, 4) is 11.5 Å². The summed E-state index contributed by atoms with van der Waals surface area (Å²) in [7, 11) is 0. The van der Waals surface area contributed by atoms with Gasteiger partial charge in [0.15, 0.2) is 5.78 Å². The number of phenolic OH excluding ortho intramolecular Hbond substituents is 1. The SMILES string of the molecule is CC1Oc2ccccc2C(=O)C1C.CCC(C)c1ccc(O)cc1. The molecule has 3 rings (SSSR count). The van der Waals surface area contributed by atoms with E-state index in [4.69, 9.17) is 9.84 Å². The first-order valence-electron chi connectivity index (χ1n) is 8.52. The van der Waals surface area contributed by atoms with Gasteiger partial charge in [0.1, 0.15) is 17.6 Å². The van der Waals surface area contributed by atoms with Crippen molar-refractivity contribution in [2.24, 2.45) is 5.92 Å². The largest absolute Gasteiger partial charge is 0.508 e. The molecule has 1 N–H and O–H groups in total. The number of ether oxygens (including phenoxy) is 1. The van der Waals surface area contributed by atoms with Crippen molar-refractivity contribution in [3.05, 3.63) is 59.7 Å². The van der Waals surface area contributed by atoms with Gasteiger partial charge in [-0.2, -0.15) is 0 Å². The lowest BCUT2D eigenvalue weighted by atomic mass is 9.92. The summed E-state index contributed by atoms with van der Waals surface area (Å²) < 4.78 is 5.59. The molecule has 24 heavy (non-hydrogen) atoms.